The van der Waals surface area contributed by atoms with Crippen molar-refractivity contribution in [1.82, 2.24) is 5.32 Å². The van der Waals surface area contributed by atoms with Gasteiger partial charge in [-0.05, 0) is 72.6 Å². The first-order chi connectivity index (χ1) is 18.8. The minimum atomic E-state index is -0.593. The summed E-state index contributed by atoms with van der Waals surface area (Å²) in [6, 6.07) is 20.1. The number of esters is 1. The number of hydrogen-bond acceptors (Lipinski definition) is 5. The summed E-state index contributed by atoms with van der Waals surface area (Å²) in [7, 11) is 0. The number of carbonyl (C=O) groups excluding carboxylic acids is 2. The van der Waals surface area contributed by atoms with Crippen LogP contribution in [0.2, 0.25) is 0 Å². The molecule has 0 bridgehead atoms. The van der Waals surface area contributed by atoms with Crippen molar-refractivity contribution in [1.29, 1.82) is 0 Å². The topological polar surface area (TPSA) is 75.6 Å². The fourth-order valence-corrected chi connectivity index (χ4v) is 6.03. The van der Waals surface area contributed by atoms with Crippen LogP contribution >= 0.6 is 0 Å². The molecule has 39 heavy (non-hydrogen) atoms. The highest BCUT2D eigenvalue weighted by atomic mass is 16.5. The summed E-state index contributed by atoms with van der Waals surface area (Å²) < 4.78 is 5.97. The number of fused-ring (bicyclic) bond motifs is 1. The van der Waals surface area contributed by atoms with Crippen molar-refractivity contribution in [2.24, 2.45) is 0 Å². The number of ether oxygens (including phenoxy) is 1. The molecule has 0 radical (unpaired) electrons. The number of carbonyl (C=O) groups is 2. The van der Waals surface area contributed by atoms with E-state index in [1.54, 1.807) is 6.07 Å². The molecule has 202 valence electrons. The van der Waals surface area contributed by atoms with E-state index in [0.29, 0.717) is 29.7 Å². The Labute approximate surface area is 230 Å². The molecular weight excluding hydrogens is 486 g/mol. The molecule has 1 aliphatic carbocycles. The highest BCUT2D eigenvalue weighted by Crippen LogP contribution is 2.46. The van der Waals surface area contributed by atoms with Gasteiger partial charge in [-0.2, -0.15) is 0 Å². The van der Waals surface area contributed by atoms with Crippen LogP contribution in [0, 0.1) is 6.92 Å². The number of aryl methyl sites for hydroxylation is 1. The largest absolute Gasteiger partial charge is 0.508 e. The van der Waals surface area contributed by atoms with Crippen LogP contribution in [0.5, 0.6) is 5.75 Å². The van der Waals surface area contributed by atoms with Gasteiger partial charge in [0.2, 0.25) is 0 Å². The Kier molecular flexibility index (Phi) is 7.60. The normalized spacial score (nSPS) is 20.1. The average molecular weight is 524 g/mol. The summed E-state index contributed by atoms with van der Waals surface area (Å²) in [5.74, 6) is -0.791. The molecule has 5 heteroatoms. The fourth-order valence-electron chi connectivity index (χ4n) is 6.03. The molecule has 0 aromatic heterocycles. The number of Topliss-reactive ketones (excluding diaryl/α,β-unsaturated/α-hetero) is 1. The summed E-state index contributed by atoms with van der Waals surface area (Å²) in [4.78, 5) is 27.6. The maximum absolute atomic E-state index is 13.9. The molecule has 3 atom stereocenters. The maximum Gasteiger partial charge on any atom is 0.337 e. The number of nitrogens with one attached hydrogen (secondary N) is 1. The van der Waals surface area contributed by atoms with Crippen LogP contribution in [0.4, 0.5) is 0 Å². The quantitative estimate of drug-likeness (QED) is 0.317. The van der Waals surface area contributed by atoms with Crippen LogP contribution < -0.4 is 5.32 Å². The third-order valence-corrected chi connectivity index (χ3v) is 8.20. The lowest BCUT2D eigenvalue weighted by molar-refractivity contribution is -0.145. The number of ketones is 1. The average Bonchev–Trinajstić information content (AvgIpc) is 2.93. The number of rotatable bonds is 7. The van der Waals surface area contributed by atoms with E-state index in [1.807, 2.05) is 45.0 Å². The van der Waals surface area contributed by atoms with Gasteiger partial charge in [-0.15, -0.1) is 0 Å². The number of benzene rings is 3. The van der Waals surface area contributed by atoms with Crippen LogP contribution in [0.25, 0.3) is 10.8 Å². The van der Waals surface area contributed by atoms with Gasteiger partial charge in [0.15, 0.2) is 5.78 Å². The molecule has 2 N–H and O–H groups in total. The molecule has 5 rings (SSSR count). The van der Waals surface area contributed by atoms with Crippen molar-refractivity contribution in [3.8, 4) is 5.75 Å². The lowest BCUT2D eigenvalue weighted by Crippen LogP contribution is -2.36. The maximum atomic E-state index is 13.9. The van der Waals surface area contributed by atoms with Crippen molar-refractivity contribution >= 4 is 22.5 Å². The smallest absolute Gasteiger partial charge is 0.337 e. The van der Waals surface area contributed by atoms with Crippen LogP contribution in [0.15, 0.2) is 83.2 Å². The number of hydrogen-bond donors (Lipinski definition) is 2. The van der Waals surface area contributed by atoms with Crippen molar-refractivity contribution in [3.05, 3.63) is 99.9 Å². The standard InChI is InChI=1S/C34H37NO4/c1-5-9-27(6-2)39-34(38)31-21(4)35-28-17-26(24-15-14-22-10-7-8-11-23(22)16-24)19-30(37)33(28)32(31)25-13-12-20(3)29(36)18-25/h7-8,10-16,18,26-27,32,35-36H,5-6,9,17,19H2,1-4H3. The third kappa shape index (κ3) is 5.23. The number of aromatic hydroxyl groups is 1. The van der Waals surface area contributed by atoms with Gasteiger partial charge in [-0.1, -0.05) is 74.9 Å². The van der Waals surface area contributed by atoms with Gasteiger partial charge in [0.25, 0.3) is 0 Å². The SMILES string of the molecule is CCCC(CC)OC(=O)C1=C(C)NC2=C(C(=O)CC(c3ccc4ccccc4c3)C2)C1c1ccc(C)c(O)c1. The van der Waals surface area contributed by atoms with Crippen molar-refractivity contribution in [2.75, 3.05) is 0 Å². The van der Waals surface area contributed by atoms with Crippen LogP contribution in [0.1, 0.15) is 81.4 Å². The van der Waals surface area contributed by atoms with Gasteiger partial charge in [-0.25, -0.2) is 4.79 Å². The Morgan fingerprint density at radius 1 is 1.00 bits per heavy atom. The van der Waals surface area contributed by atoms with Gasteiger partial charge in [0, 0.05) is 29.3 Å². The van der Waals surface area contributed by atoms with Gasteiger partial charge in [0.05, 0.1) is 5.57 Å². The van der Waals surface area contributed by atoms with Crippen molar-refractivity contribution in [3.63, 3.8) is 0 Å². The highest BCUT2D eigenvalue weighted by molar-refractivity contribution is 6.04. The van der Waals surface area contributed by atoms with Gasteiger partial charge in [-0.3, -0.25) is 4.79 Å². The van der Waals surface area contributed by atoms with Gasteiger partial charge >= 0.3 is 5.97 Å². The van der Waals surface area contributed by atoms with Crippen molar-refractivity contribution in [2.45, 2.75) is 77.7 Å². The number of phenols is 1. The van der Waals surface area contributed by atoms with E-state index in [9.17, 15) is 14.7 Å². The number of dihydropyridines is 1. The molecule has 3 aromatic carbocycles. The molecule has 0 saturated heterocycles. The molecule has 1 heterocycles. The van der Waals surface area contributed by atoms with Gasteiger partial charge in [0.1, 0.15) is 11.9 Å². The predicted octanol–water partition coefficient (Wildman–Crippen LogP) is 7.34. The first kappa shape index (κ1) is 26.7. The van der Waals surface area contributed by atoms with E-state index in [4.69, 9.17) is 4.74 Å². The summed E-state index contributed by atoms with van der Waals surface area (Å²) in [5, 5.41) is 16.3. The van der Waals surface area contributed by atoms with E-state index >= 15 is 0 Å². The first-order valence-electron chi connectivity index (χ1n) is 14.0. The molecule has 0 spiro atoms. The lowest BCUT2D eigenvalue weighted by atomic mass is 9.71. The molecule has 0 saturated carbocycles. The number of allylic oxidation sites excluding steroid dienone is 3. The van der Waals surface area contributed by atoms with E-state index in [1.165, 1.54) is 5.39 Å². The van der Waals surface area contributed by atoms with E-state index < -0.39 is 11.9 Å². The Morgan fingerprint density at radius 3 is 2.46 bits per heavy atom. The Morgan fingerprint density at radius 2 is 1.74 bits per heavy atom. The molecule has 2 aliphatic rings. The minimum Gasteiger partial charge on any atom is -0.508 e. The zero-order chi connectivity index (χ0) is 27.7. The predicted molar refractivity (Wildman–Crippen MR) is 154 cm³/mol. The first-order valence-corrected chi connectivity index (χ1v) is 14.0. The van der Waals surface area contributed by atoms with Gasteiger partial charge < -0.3 is 15.2 Å². The molecule has 0 fully saturated rings. The highest BCUT2D eigenvalue weighted by Gasteiger charge is 2.42. The van der Waals surface area contributed by atoms with Crippen molar-refractivity contribution < 1.29 is 19.4 Å². The third-order valence-electron chi connectivity index (χ3n) is 8.20. The van der Waals surface area contributed by atoms with Crippen LogP contribution in [0.3, 0.4) is 0 Å². The summed E-state index contributed by atoms with van der Waals surface area (Å²) in [6.07, 6.45) is 3.29. The molecule has 3 unspecified atom stereocenters. The summed E-state index contributed by atoms with van der Waals surface area (Å²) in [6.45, 7) is 7.80. The summed E-state index contributed by atoms with van der Waals surface area (Å²) in [5.41, 5.74) is 5.20. The second-order valence-corrected chi connectivity index (χ2v) is 10.9. The Hall–Kier alpha value is -3.86. The van der Waals surface area contributed by atoms with Crippen LogP contribution in [-0.4, -0.2) is 23.0 Å². The second-order valence-electron chi connectivity index (χ2n) is 10.9. The van der Waals surface area contributed by atoms with E-state index in [-0.39, 0.29) is 23.6 Å². The molecule has 0 amide bonds. The lowest BCUT2D eigenvalue weighted by Gasteiger charge is -2.37. The van der Waals surface area contributed by atoms with Crippen LogP contribution in [-0.2, 0) is 14.3 Å². The Bertz CT molecular complexity index is 1500. The second kappa shape index (κ2) is 11.1. The minimum absolute atomic E-state index is 0.0189. The molecule has 3 aromatic rings. The van der Waals surface area contributed by atoms with E-state index in [0.717, 1.165) is 47.0 Å². The zero-order valence-electron chi connectivity index (χ0n) is 23.2. The Balaban J connectivity index is 1.55. The molecule has 5 nitrogen and oxygen atoms in total. The number of phenolic OH excluding ortho intramolecular Hbond substituents is 1. The summed E-state index contributed by atoms with van der Waals surface area (Å²) >= 11 is 0. The molecule has 1 aliphatic heterocycles. The van der Waals surface area contributed by atoms with E-state index in [2.05, 4.69) is 42.6 Å². The fraction of sp³-hybridized carbons (Fsp3) is 0.353. The monoisotopic (exact) mass is 523 g/mol. The zero-order valence-corrected chi connectivity index (χ0v) is 23.2. The molecular formula is C34H37NO4.